The maximum Gasteiger partial charge on any atom is 0.293 e. The summed E-state index contributed by atoms with van der Waals surface area (Å²) in [5.74, 6) is 2.99. The molecule has 18 heavy (non-hydrogen) atoms. The van der Waals surface area contributed by atoms with Crippen LogP contribution in [-0.4, -0.2) is 52.2 Å². The Balaban J connectivity index is 1.48. The van der Waals surface area contributed by atoms with E-state index in [2.05, 4.69) is 20.5 Å². The maximum atomic E-state index is 12.3. The zero-order valence-electron chi connectivity index (χ0n) is 10.2. The molecule has 4 rings (SSSR count). The lowest BCUT2D eigenvalue weighted by Crippen LogP contribution is -2.32. The van der Waals surface area contributed by atoms with Gasteiger partial charge < -0.3 is 10.2 Å². The van der Waals surface area contributed by atoms with Crippen LogP contribution in [0.1, 0.15) is 35.2 Å². The first-order valence-corrected chi connectivity index (χ1v) is 6.73. The summed E-state index contributed by atoms with van der Waals surface area (Å²) >= 11 is 0. The molecule has 96 valence electrons. The van der Waals surface area contributed by atoms with Crippen molar-refractivity contribution >= 4 is 5.91 Å². The number of aromatic amines is 1. The molecule has 2 aliphatic heterocycles. The SMILES string of the molecule is O=C(c1n[nH]c(C2CC2)n1)N1CC2CNCC2C1. The molecule has 3 aliphatic rings. The van der Waals surface area contributed by atoms with Gasteiger partial charge in [0, 0.05) is 32.1 Å². The third-order valence-electron chi connectivity index (χ3n) is 4.33. The first-order chi connectivity index (χ1) is 8.81. The summed E-state index contributed by atoms with van der Waals surface area (Å²) in [6, 6.07) is 0. The second kappa shape index (κ2) is 3.78. The van der Waals surface area contributed by atoms with E-state index in [0.717, 1.165) is 32.0 Å². The maximum absolute atomic E-state index is 12.3. The summed E-state index contributed by atoms with van der Waals surface area (Å²) < 4.78 is 0. The van der Waals surface area contributed by atoms with Gasteiger partial charge in [-0.3, -0.25) is 9.89 Å². The average Bonchev–Trinajstić information content (AvgIpc) is 2.80. The van der Waals surface area contributed by atoms with Gasteiger partial charge in [0.1, 0.15) is 5.82 Å². The summed E-state index contributed by atoms with van der Waals surface area (Å²) in [7, 11) is 0. The molecule has 2 atom stereocenters. The van der Waals surface area contributed by atoms with E-state index < -0.39 is 0 Å². The zero-order valence-corrected chi connectivity index (χ0v) is 10.2. The Morgan fingerprint density at radius 1 is 1.22 bits per heavy atom. The predicted octanol–water partition coefficient (Wildman–Crippen LogP) is -0.0265. The molecule has 3 fully saturated rings. The fourth-order valence-corrected chi connectivity index (χ4v) is 3.07. The number of fused-ring (bicyclic) bond motifs is 1. The molecule has 6 heteroatoms. The first-order valence-electron chi connectivity index (χ1n) is 6.73. The minimum absolute atomic E-state index is 0.00690. The van der Waals surface area contributed by atoms with Crippen LogP contribution in [0, 0.1) is 11.8 Å². The fraction of sp³-hybridized carbons (Fsp3) is 0.750. The molecular weight excluding hydrogens is 230 g/mol. The van der Waals surface area contributed by atoms with Crippen molar-refractivity contribution in [1.82, 2.24) is 25.4 Å². The number of hydrogen-bond acceptors (Lipinski definition) is 4. The van der Waals surface area contributed by atoms with Gasteiger partial charge >= 0.3 is 0 Å². The fourth-order valence-electron chi connectivity index (χ4n) is 3.07. The van der Waals surface area contributed by atoms with E-state index in [9.17, 15) is 4.79 Å². The van der Waals surface area contributed by atoms with Gasteiger partial charge in [-0.25, -0.2) is 4.98 Å². The number of hydrogen-bond donors (Lipinski definition) is 2. The smallest absolute Gasteiger partial charge is 0.293 e. The number of carbonyl (C=O) groups excluding carboxylic acids is 1. The molecule has 0 bridgehead atoms. The molecule has 0 spiro atoms. The normalized spacial score (nSPS) is 30.8. The van der Waals surface area contributed by atoms with Gasteiger partial charge in [-0.2, -0.15) is 0 Å². The largest absolute Gasteiger partial charge is 0.335 e. The van der Waals surface area contributed by atoms with Crippen molar-refractivity contribution < 1.29 is 4.79 Å². The number of aromatic nitrogens is 3. The van der Waals surface area contributed by atoms with Crippen LogP contribution in [-0.2, 0) is 0 Å². The molecule has 3 heterocycles. The molecule has 1 saturated carbocycles. The lowest BCUT2D eigenvalue weighted by molar-refractivity contribution is 0.0770. The molecule has 1 aromatic rings. The van der Waals surface area contributed by atoms with E-state index in [0.29, 0.717) is 23.6 Å². The van der Waals surface area contributed by atoms with E-state index in [1.165, 1.54) is 12.8 Å². The molecule has 1 aromatic heterocycles. The van der Waals surface area contributed by atoms with Gasteiger partial charge in [0.15, 0.2) is 0 Å². The molecule has 2 unspecified atom stereocenters. The Hall–Kier alpha value is -1.43. The van der Waals surface area contributed by atoms with E-state index in [4.69, 9.17) is 0 Å². The van der Waals surface area contributed by atoms with Crippen molar-refractivity contribution in [1.29, 1.82) is 0 Å². The number of H-pyrrole nitrogens is 1. The third kappa shape index (κ3) is 1.63. The molecule has 6 nitrogen and oxygen atoms in total. The van der Waals surface area contributed by atoms with E-state index >= 15 is 0 Å². The van der Waals surface area contributed by atoms with Gasteiger partial charge in [-0.15, -0.1) is 5.10 Å². The quantitative estimate of drug-likeness (QED) is 0.770. The highest BCUT2D eigenvalue weighted by atomic mass is 16.2. The summed E-state index contributed by atoms with van der Waals surface area (Å²) in [4.78, 5) is 18.5. The first kappa shape index (κ1) is 10.5. The van der Waals surface area contributed by atoms with Crippen LogP contribution < -0.4 is 5.32 Å². The van der Waals surface area contributed by atoms with Crippen LogP contribution in [0.2, 0.25) is 0 Å². The Morgan fingerprint density at radius 2 is 1.94 bits per heavy atom. The highest BCUT2D eigenvalue weighted by Crippen LogP contribution is 2.37. The van der Waals surface area contributed by atoms with E-state index in [1.807, 2.05) is 4.90 Å². The second-order valence-electron chi connectivity index (χ2n) is 5.71. The van der Waals surface area contributed by atoms with Crippen molar-refractivity contribution in [3.05, 3.63) is 11.6 Å². The number of carbonyl (C=O) groups is 1. The minimum atomic E-state index is -0.00690. The Kier molecular flexibility index (Phi) is 2.20. The highest BCUT2D eigenvalue weighted by molar-refractivity contribution is 5.90. The third-order valence-corrected chi connectivity index (χ3v) is 4.33. The van der Waals surface area contributed by atoms with Crippen LogP contribution in [0.5, 0.6) is 0 Å². The van der Waals surface area contributed by atoms with Crippen LogP contribution in [0.25, 0.3) is 0 Å². The van der Waals surface area contributed by atoms with Gasteiger partial charge in [0.25, 0.3) is 5.91 Å². The molecule has 2 saturated heterocycles. The van der Waals surface area contributed by atoms with Gasteiger partial charge in [-0.1, -0.05) is 0 Å². The number of likely N-dealkylation sites (tertiary alicyclic amines) is 1. The second-order valence-corrected chi connectivity index (χ2v) is 5.71. The van der Waals surface area contributed by atoms with Crippen LogP contribution in [0.4, 0.5) is 0 Å². The van der Waals surface area contributed by atoms with E-state index in [-0.39, 0.29) is 5.91 Å². The van der Waals surface area contributed by atoms with Crippen molar-refractivity contribution in [2.75, 3.05) is 26.2 Å². The molecule has 0 radical (unpaired) electrons. The molecule has 2 N–H and O–H groups in total. The summed E-state index contributed by atoms with van der Waals surface area (Å²) in [5, 5.41) is 10.3. The number of nitrogens with one attached hydrogen (secondary N) is 2. The van der Waals surface area contributed by atoms with Crippen LogP contribution >= 0.6 is 0 Å². The Labute approximate surface area is 105 Å². The molecule has 0 aromatic carbocycles. The van der Waals surface area contributed by atoms with Gasteiger partial charge in [-0.05, 0) is 24.7 Å². The number of nitrogens with zero attached hydrogens (tertiary/aromatic N) is 3. The summed E-state index contributed by atoms with van der Waals surface area (Å²) in [5.41, 5.74) is 0. The highest BCUT2D eigenvalue weighted by Gasteiger charge is 2.39. The number of amides is 1. The zero-order chi connectivity index (χ0) is 12.1. The monoisotopic (exact) mass is 247 g/mol. The van der Waals surface area contributed by atoms with Crippen molar-refractivity contribution in [2.24, 2.45) is 11.8 Å². The lowest BCUT2D eigenvalue weighted by Gasteiger charge is -2.15. The standard InChI is InChI=1S/C12H17N5O/c18-12(11-14-10(15-16-11)7-1-2-7)17-5-8-3-13-4-9(8)6-17/h7-9,13H,1-6H2,(H,14,15,16). The topological polar surface area (TPSA) is 73.9 Å². The van der Waals surface area contributed by atoms with Gasteiger partial charge in [0.2, 0.25) is 5.82 Å². The van der Waals surface area contributed by atoms with Crippen molar-refractivity contribution in [3.63, 3.8) is 0 Å². The predicted molar refractivity (Wildman–Crippen MR) is 64.1 cm³/mol. The minimum Gasteiger partial charge on any atom is -0.335 e. The summed E-state index contributed by atoms with van der Waals surface area (Å²) in [6.45, 7) is 3.78. The Bertz CT molecular complexity index is 469. The van der Waals surface area contributed by atoms with Gasteiger partial charge in [0.05, 0.1) is 0 Å². The average molecular weight is 247 g/mol. The lowest BCUT2D eigenvalue weighted by atomic mass is 10.0. The van der Waals surface area contributed by atoms with Crippen molar-refractivity contribution in [2.45, 2.75) is 18.8 Å². The molecular formula is C12H17N5O. The number of rotatable bonds is 2. The molecule has 1 amide bonds. The van der Waals surface area contributed by atoms with Crippen LogP contribution in [0.15, 0.2) is 0 Å². The Morgan fingerprint density at radius 3 is 2.61 bits per heavy atom. The summed E-state index contributed by atoms with van der Waals surface area (Å²) in [6.07, 6.45) is 2.34. The van der Waals surface area contributed by atoms with Crippen molar-refractivity contribution in [3.8, 4) is 0 Å². The van der Waals surface area contributed by atoms with Crippen LogP contribution in [0.3, 0.4) is 0 Å². The molecule has 1 aliphatic carbocycles. The van der Waals surface area contributed by atoms with E-state index in [1.54, 1.807) is 0 Å².